The third kappa shape index (κ3) is 2.06. The molecule has 26 heavy (non-hydrogen) atoms. The zero-order valence-corrected chi connectivity index (χ0v) is 16.0. The highest BCUT2D eigenvalue weighted by atomic mass is 16.4. The van der Waals surface area contributed by atoms with E-state index < -0.39 is 39.1 Å². The molecule has 0 aromatic carbocycles. The molecule has 1 heterocycles. The normalized spacial score (nSPS) is 36.0. The van der Waals surface area contributed by atoms with Crippen LogP contribution in [-0.2, 0) is 9.59 Å². The molecule has 1 aliphatic heterocycles. The van der Waals surface area contributed by atoms with Gasteiger partial charge in [-0.25, -0.2) is 9.59 Å². The predicted octanol–water partition coefficient (Wildman–Crippen LogP) is 3.41. The molecule has 7 nitrogen and oxygen atoms in total. The molecule has 2 atom stereocenters. The number of carbonyl (C=O) groups is 3. The Morgan fingerprint density at radius 1 is 0.885 bits per heavy atom. The molecular formula is C19H28NO6+. The summed E-state index contributed by atoms with van der Waals surface area (Å²) in [6.07, 6.45) is 4.22. The van der Waals surface area contributed by atoms with Crippen molar-refractivity contribution in [3.63, 3.8) is 0 Å². The second kappa shape index (κ2) is 5.94. The summed E-state index contributed by atoms with van der Waals surface area (Å²) in [5, 5.41) is 30.8. The minimum atomic E-state index is -1.88. The summed E-state index contributed by atoms with van der Waals surface area (Å²) >= 11 is 0. The second-order valence-corrected chi connectivity index (χ2v) is 8.38. The highest BCUT2D eigenvalue weighted by Crippen LogP contribution is 2.59. The average Bonchev–Trinajstić information content (AvgIpc) is 2.61. The molecule has 2 aliphatic rings. The Kier molecular flexibility index (Phi) is 4.61. The first-order chi connectivity index (χ1) is 11.8. The minimum absolute atomic E-state index is 0.334. The minimum Gasteiger partial charge on any atom is -0.476 e. The van der Waals surface area contributed by atoms with Crippen LogP contribution in [-0.4, -0.2) is 54.5 Å². The molecule has 3 N–H and O–H groups in total. The number of carboxylic acids is 2. The lowest BCUT2D eigenvalue weighted by Gasteiger charge is -2.55. The number of hydrogen-bond acceptors (Lipinski definition) is 3. The van der Waals surface area contributed by atoms with Gasteiger partial charge < -0.3 is 15.3 Å². The molecule has 0 saturated carbocycles. The Morgan fingerprint density at radius 3 is 1.46 bits per heavy atom. The summed E-state index contributed by atoms with van der Waals surface area (Å²) in [7, 11) is 0. The van der Waals surface area contributed by atoms with Crippen molar-refractivity contribution in [2.24, 2.45) is 0 Å². The van der Waals surface area contributed by atoms with Crippen LogP contribution in [0.3, 0.4) is 0 Å². The maximum absolute atomic E-state index is 12.7. The summed E-state index contributed by atoms with van der Waals surface area (Å²) in [6, 6.07) is 0. The lowest BCUT2D eigenvalue weighted by atomic mass is 9.81. The predicted molar refractivity (Wildman–Crippen MR) is 94.8 cm³/mol. The first kappa shape index (κ1) is 20.2. The summed E-state index contributed by atoms with van der Waals surface area (Å²) in [5.41, 5.74) is -4.05. The van der Waals surface area contributed by atoms with E-state index in [1.54, 1.807) is 20.8 Å². The number of hydrogen-bond donors (Lipinski definition) is 3. The summed E-state index contributed by atoms with van der Waals surface area (Å²) in [6.45, 7) is 7.55. The van der Waals surface area contributed by atoms with E-state index in [9.17, 15) is 29.7 Å². The summed E-state index contributed by atoms with van der Waals surface area (Å²) in [4.78, 5) is 37.8. The fourth-order valence-electron chi connectivity index (χ4n) is 5.48. The first-order valence-corrected chi connectivity index (χ1v) is 8.78. The van der Waals surface area contributed by atoms with Crippen LogP contribution in [0, 0.1) is 0 Å². The van der Waals surface area contributed by atoms with Crippen molar-refractivity contribution < 1.29 is 34.2 Å². The van der Waals surface area contributed by atoms with Crippen LogP contribution < -0.4 is 0 Å². The van der Waals surface area contributed by atoms with Gasteiger partial charge in [0.05, 0.1) is 0 Å². The highest BCUT2D eigenvalue weighted by molar-refractivity contribution is 5.92. The average molecular weight is 366 g/mol. The van der Waals surface area contributed by atoms with Crippen molar-refractivity contribution >= 4 is 18.0 Å². The van der Waals surface area contributed by atoms with Gasteiger partial charge in [-0.1, -0.05) is 12.2 Å². The van der Waals surface area contributed by atoms with E-state index in [-0.39, 0.29) is 0 Å². The van der Waals surface area contributed by atoms with E-state index in [1.165, 1.54) is 13.8 Å². The molecule has 1 amide bonds. The summed E-state index contributed by atoms with van der Waals surface area (Å²) < 4.78 is -1.09. The van der Waals surface area contributed by atoms with E-state index >= 15 is 0 Å². The van der Waals surface area contributed by atoms with E-state index in [0.29, 0.717) is 36.8 Å². The molecular weight excluding hydrogens is 338 g/mol. The van der Waals surface area contributed by atoms with Crippen molar-refractivity contribution in [3.8, 4) is 0 Å². The van der Waals surface area contributed by atoms with Gasteiger partial charge in [0.2, 0.25) is 11.1 Å². The van der Waals surface area contributed by atoms with Crippen molar-refractivity contribution in [3.05, 3.63) is 23.3 Å². The van der Waals surface area contributed by atoms with Gasteiger partial charge in [-0.15, -0.1) is 0 Å². The molecule has 2 rings (SSSR count). The van der Waals surface area contributed by atoms with Gasteiger partial charge in [-0.2, -0.15) is 9.28 Å². The van der Waals surface area contributed by atoms with Crippen LogP contribution >= 0.6 is 0 Å². The number of carboxylic acid groups (broad SMARTS) is 3. The van der Waals surface area contributed by atoms with Crippen LogP contribution in [0.5, 0.6) is 0 Å². The number of aliphatic carboxylic acids is 2. The third-order valence-corrected chi connectivity index (χ3v) is 6.30. The van der Waals surface area contributed by atoms with E-state index in [2.05, 4.69) is 0 Å². The second-order valence-electron chi connectivity index (χ2n) is 8.38. The van der Waals surface area contributed by atoms with Crippen molar-refractivity contribution in [1.82, 2.24) is 0 Å². The number of quaternary nitrogens is 1. The van der Waals surface area contributed by atoms with E-state index in [0.717, 1.165) is 0 Å². The zero-order chi connectivity index (χ0) is 20.1. The zero-order valence-electron chi connectivity index (χ0n) is 16.0. The molecule has 0 radical (unpaired) electrons. The van der Waals surface area contributed by atoms with Crippen molar-refractivity contribution in [2.75, 3.05) is 0 Å². The molecule has 1 aliphatic carbocycles. The standard InChI is InChI=1S/C19H27NO6/c1-17(2,3)20(16(25)26)18(4,14(21)22)12-10-8-6-7-9-11-13(12)19(20,5)15(23)24/h6-7H,8-11H2,1-5H3,(H2-,21,22,23,24,25,26)/p+1/b7-6-. The van der Waals surface area contributed by atoms with Gasteiger partial charge >= 0.3 is 18.0 Å². The fourth-order valence-corrected chi connectivity index (χ4v) is 5.48. The SMILES string of the molecule is CC(C)(C)[N+]1(C(=O)O)C(C)(C(=O)O)C2=C(CC/C=C\CC2)C1(C)C(=O)O. The highest BCUT2D eigenvalue weighted by Gasteiger charge is 2.81. The molecule has 0 spiro atoms. The molecule has 2 unspecified atom stereocenters. The number of rotatable bonds is 2. The summed E-state index contributed by atoms with van der Waals surface area (Å²) in [5.74, 6) is -2.62. The number of amides is 1. The molecule has 0 aromatic rings. The lowest BCUT2D eigenvalue weighted by molar-refractivity contribution is -0.959. The van der Waals surface area contributed by atoms with E-state index in [4.69, 9.17) is 0 Å². The molecule has 0 aromatic heterocycles. The Bertz CT molecular complexity index is 685. The van der Waals surface area contributed by atoms with Crippen LogP contribution in [0.4, 0.5) is 4.79 Å². The maximum atomic E-state index is 12.7. The van der Waals surface area contributed by atoms with Crippen LogP contribution in [0.15, 0.2) is 23.3 Å². The van der Waals surface area contributed by atoms with Crippen molar-refractivity contribution in [2.45, 2.75) is 76.9 Å². The third-order valence-electron chi connectivity index (χ3n) is 6.30. The van der Waals surface area contributed by atoms with Crippen LogP contribution in [0.2, 0.25) is 0 Å². The van der Waals surface area contributed by atoms with Gasteiger partial charge in [0, 0.05) is 25.0 Å². The van der Waals surface area contributed by atoms with Gasteiger partial charge in [-0.05, 0) is 46.5 Å². The van der Waals surface area contributed by atoms with Gasteiger partial charge in [0.25, 0.3) is 0 Å². The molecule has 0 fully saturated rings. The fraction of sp³-hybridized carbons (Fsp3) is 0.632. The van der Waals surface area contributed by atoms with Gasteiger partial charge in [0.15, 0.2) is 0 Å². The molecule has 0 saturated heterocycles. The molecule has 7 heteroatoms. The Hall–Kier alpha value is -2.15. The van der Waals surface area contributed by atoms with Crippen LogP contribution in [0.25, 0.3) is 0 Å². The van der Waals surface area contributed by atoms with E-state index in [1.807, 2.05) is 12.2 Å². The molecule has 144 valence electrons. The lowest BCUT2D eigenvalue weighted by Crippen LogP contribution is -2.82. The Morgan fingerprint density at radius 2 is 1.23 bits per heavy atom. The van der Waals surface area contributed by atoms with Crippen LogP contribution in [0.1, 0.15) is 60.3 Å². The topological polar surface area (TPSA) is 112 Å². The largest absolute Gasteiger partial charge is 0.516 e. The number of nitrogens with zero attached hydrogens (tertiary/aromatic N) is 1. The maximum Gasteiger partial charge on any atom is 0.516 e. The first-order valence-electron chi connectivity index (χ1n) is 8.78. The Balaban J connectivity index is 3.05. The Labute approximate surface area is 153 Å². The quantitative estimate of drug-likeness (QED) is 0.510. The smallest absolute Gasteiger partial charge is 0.476 e. The van der Waals surface area contributed by atoms with Gasteiger partial charge in [0.1, 0.15) is 5.54 Å². The monoisotopic (exact) mass is 366 g/mol. The molecule has 0 bridgehead atoms. The number of allylic oxidation sites excluding steroid dienone is 2. The van der Waals surface area contributed by atoms with Crippen molar-refractivity contribution in [1.29, 1.82) is 0 Å². The van der Waals surface area contributed by atoms with Gasteiger partial charge in [-0.3, -0.25) is 0 Å².